The molecule has 2 N–H and O–H groups in total. The van der Waals surface area contributed by atoms with Crippen LogP contribution in [0.25, 0.3) is 0 Å². The van der Waals surface area contributed by atoms with Crippen LogP contribution in [-0.4, -0.2) is 25.0 Å². The summed E-state index contributed by atoms with van der Waals surface area (Å²) in [5.74, 6) is 0. The van der Waals surface area contributed by atoms with Gasteiger partial charge in [0.1, 0.15) is 0 Å². The van der Waals surface area contributed by atoms with Crippen LogP contribution in [0.2, 0.25) is 0 Å². The summed E-state index contributed by atoms with van der Waals surface area (Å²) in [5, 5.41) is 0. The molecule has 0 saturated heterocycles. The minimum atomic E-state index is 0.307. The highest BCUT2D eigenvalue weighted by molar-refractivity contribution is 7.12. The lowest BCUT2D eigenvalue weighted by atomic mass is 9.94. The van der Waals surface area contributed by atoms with Gasteiger partial charge in [-0.25, -0.2) is 0 Å². The van der Waals surface area contributed by atoms with E-state index in [0.29, 0.717) is 18.0 Å². The van der Waals surface area contributed by atoms with Crippen molar-refractivity contribution in [2.75, 3.05) is 20.1 Å². The molecule has 0 spiro atoms. The van der Waals surface area contributed by atoms with Gasteiger partial charge in [-0.3, -0.25) is 4.90 Å². The van der Waals surface area contributed by atoms with Crippen molar-refractivity contribution in [1.29, 1.82) is 0 Å². The van der Waals surface area contributed by atoms with Crippen LogP contribution in [0.15, 0.2) is 6.07 Å². The van der Waals surface area contributed by atoms with Crippen molar-refractivity contribution < 1.29 is 0 Å². The van der Waals surface area contributed by atoms with E-state index in [1.807, 2.05) is 11.3 Å². The molecule has 1 heterocycles. The SMILES string of the molecule is Cc1cc(C(CN)N(C)CC(C)(C)C)c(C)s1. The van der Waals surface area contributed by atoms with E-state index >= 15 is 0 Å². The fourth-order valence-corrected chi connectivity index (χ4v) is 3.37. The molecule has 2 nitrogen and oxygen atoms in total. The lowest BCUT2D eigenvalue weighted by Gasteiger charge is -2.33. The summed E-state index contributed by atoms with van der Waals surface area (Å²) in [4.78, 5) is 5.16. The zero-order valence-electron chi connectivity index (χ0n) is 12.0. The van der Waals surface area contributed by atoms with Crippen LogP contribution in [0.3, 0.4) is 0 Å². The van der Waals surface area contributed by atoms with E-state index in [-0.39, 0.29) is 0 Å². The number of nitrogens with zero attached hydrogens (tertiary/aromatic N) is 1. The van der Waals surface area contributed by atoms with Crippen LogP contribution in [0, 0.1) is 19.3 Å². The fraction of sp³-hybridized carbons (Fsp3) is 0.714. The zero-order valence-corrected chi connectivity index (χ0v) is 12.8. The number of aryl methyl sites for hydroxylation is 2. The molecule has 0 aliphatic heterocycles. The molecule has 0 radical (unpaired) electrons. The molecule has 98 valence electrons. The second-order valence-corrected chi connectivity index (χ2v) is 7.56. The third-order valence-corrected chi connectivity index (χ3v) is 3.90. The summed E-state index contributed by atoms with van der Waals surface area (Å²) in [7, 11) is 2.18. The molecule has 1 rings (SSSR count). The predicted octanol–water partition coefficient (Wildman–Crippen LogP) is 3.34. The molecular formula is C14H26N2S. The molecule has 17 heavy (non-hydrogen) atoms. The molecular weight excluding hydrogens is 228 g/mol. The summed E-state index contributed by atoms with van der Waals surface area (Å²) in [5.41, 5.74) is 7.68. The molecule has 1 unspecified atom stereocenters. The van der Waals surface area contributed by atoms with E-state index in [9.17, 15) is 0 Å². The van der Waals surface area contributed by atoms with Crippen molar-refractivity contribution in [2.24, 2.45) is 11.1 Å². The van der Waals surface area contributed by atoms with Crippen LogP contribution < -0.4 is 5.73 Å². The lowest BCUT2D eigenvalue weighted by Crippen LogP contribution is -2.36. The molecule has 0 aliphatic carbocycles. The van der Waals surface area contributed by atoms with Crippen molar-refractivity contribution >= 4 is 11.3 Å². The van der Waals surface area contributed by atoms with Gasteiger partial charge in [-0.15, -0.1) is 11.3 Å². The van der Waals surface area contributed by atoms with Crippen molar-refractivity contribution in [3.8, 4) is 0 Å². The van der Waals surface area contributed by atoms with Crippen molar-refractivity contribution in [3.05, 3.63) is 21.4 Å². The van der Waals surface area contributed by atoms with E-state index in [1.54, 1.807) is 0 Å². The third kappa shape index (κ3) is 4.09. The summed E-state index contributed by atoms with van der Waals surface area (Å²) in [6.07, 6.45) is 0. The van der Waals surface area contributed by atoms with Gasteiger partial charge in [0.2, 0.25) is 0 Å². The predicted molar refractivity (Wildman–Crippen MR) is 77.7 cm³/mol. The highest BCUT2D eigenvalue weighted by Crippen LogP contribution is 2.30. The summed E-state index contributed by atoms with van der Waals surface area (Å²) in [6.45, 7) is 12.9. The first-order valence-electron chi connectivity index (χ1n) is 6.22. The van der Waals surface area contributed by atoms with Crippen LogP contribution in [-0.2, 0) is 0 Å². The smallest absolute Gasteiger partial charge is 0.0478 e. The highest BCUT2D eigenvalue weighted by atomic mass is 32.1. The normalized spacial score (nSPS) is 14.4. The minimum Gasteiger partial charge on any atom is -0.329 e. The average molecular weight is 254 g/mol. The summed E-state index contributed by atoms with van der Waals surface area (Å²) in [6, 6.07) is 2.63. The standard InChI is InChI=1S/C14H26N2S/c1-10-7-12(11(2)17-10)13(8-15)16(6)9-14(3,4)5/h7,13H,8-9,15H2,1-6H3. The molecule has 0 aromatic carbocycles. The van der Waals surface area contributed by atoms with Gasteiger partial charge in [-0.1, -0.05) is 20.8 Å². The Morgan fingerprint density at radius 3 is 2.29 bits per heavy atom. The van der Waals surface area contributed by atoms with Gasteiger partial charge in [0.15, 0.2) is 0 Å². The van der Waals surface area contributed by atoms with Crippen LogP contribution >= 0.6 is 11.3 Å². The Balaban J connectivity index is 2.88. The minimum absolute atomic E-state index is 0.307. The zero-order chi connectivity index (χ0) is 13.2. The van der Waals surface area contributed by atoms with Gasteiger partial charge in [-0.2, -0.15) is 0 Å². The Morgan fingerprint density at radius 1 is 1.35 bits per heavy atom. The van der Waals surface area contributed by atoms with Gasteiger partial charge >= 0.3 is 0 Å². The van der Waals surface area contributed by atoms with Crippen LogP contribution in [0.4, 0.5) is 0 Å². The van der Waals surface area contributed by atoms with Crippen LogP contribution in [0.1, 0.15) is 42.1 Å². The number of rotatable bonds is 4. The Morgan fingerprint density at radius 2 is 1.94 bits per heavy atom. The summed E-state index contributed by atoms with van der Waals surface area (Å²) >= 11 is 1.87. The molecule has 3 heteroatoms. The van der Waals surface area contributed by atoms with Crippen molar-refractivity contribution in [2.45, 2.75) is 40.7 Å². The number of thiophene rings is 1. The third-order valence-electron chi connectivity index (χ3n) is 2.92. The largest absolute Gasteiger partial charge is 0.329 e. The first kappa shape index (κ1) is 14.7. The maximum Gasteiger partial charge on any atom is 0.0478 e. The molecule has 0 aliphatic rings. The van der Waals surface area contributed by atoms with Crippen LogP contribution in [0.5, 0.6) is 0 Å². The van der Waals surface area contributed by atoms with E-state index in [4.69, 9.17) is 5.73 Å². The second kappa shape index (κ2) is 5.51. The molecule has 0 saturated carbocycles. The quantitative estimate of drug-likeness (QED) is 0.893. The van der Waals surface area contributed by atoms with Gasteiger partial charge in [0, 0.05) is 28.9 Å². The molecule has 0 fully saturated rings. The molecule has 1 aromatic heterocycles. The molecule has 1 aromatic rings. The fourth-order valence-electron chi connectivity index (χ4n) is 2.38. The maximum atomic E-state index is 5.97. The average Bonchev–Trinajstić information content (AvgIpc) is 2.43. The van der Waals surface area contributed by atoms with Crippen molar-refractivity contribution in [3.63, 3.8) is 0 Å². The highest BCUT2D eigenvalue weighted by Gasteiger charge is 2.23. The Kier molecular flexibility index (Phi) is 4.76. The number of nitrogens with two attached hydrogens (primary N) is 1. The first-order chi connectivity index (χ1) is 7.74. The number of likely N-dealkylation sites (N-methyl/N-ethyl adjacent to an activating group) is 1. The molecule has 0 bridgehead atoms. The molecule has 0 amide bonds. The monoisotopic (exact) mass is 254 g/mol. The number of hydrogen-bond donors (Lipinski definition) is 1. The summed E-state index contributed by atoms with van der Waals surface area (Å²) < 4.78 is 0. The Labute approximate surface area is 110 Å². The maximum absolute atomic E-state index is 5.97. The second-order valence-electron chi connectivity index (χ2n) is 6.10. The van der Waals surface area contributed by atoms with Gasteiger partial charge in [-0.05, 0) is 37.9 Å². The van der Waals surface area contributed by atoms with E-state index < -0.39 is 0 Å². The lowest BCUT2D eigenvalue weighted by molar-refractivity contribution is 0.175. The first-order valence-corrected chi connectivity index (χ1v) is 7.03. The van der Waals surface area contributed by atoms with E-state index in [0.717, 1.165) is 6.54 Å². The van der Waals surface area contributed by atoms with Gasteiger partial charge < -0.3 is 5.73 Å². The van der Waals surface area contributed by atoms with Crippen molar-refractivity contribution in [1.82, 2.24) is 4.90 Å². The topological polar surface area (TPSA) is 29.3 Å². The molecule has 1 atom stereocenters. The Bertz CT molecular complexity index is 363. The Hall–Kier alpha value is -0.380. The van der Waals surface area contributed by atoms with E-state index in [2.05, 4.69) is 52.6 Å². The van der Waals surface area contributed by atoms with E-state index in [1.165, 1.54) is 15.3 Å². The van der Waals surface area contributed by atoms with Gasteiger partial charge in [0.25, 0.3) is 0 Å². The van der Waals surface area contributed by atoms with Gasteiger partial charge in [0.05, 0.1) is 0 Å². The number of hydrogen-bond acceptors (Lipinski definition) is 3.